The van der Waals surface area contributed by atoms with Gasteiger partial charge in [-0.2, -0.15) is 0 Å². The third-order valence-corrected chi connectivity index (χ3v) is 5.46. The van der Waals surface area contributed by atoms with Crippen LogP contribution in [0.15, 0.2) is 24.3 Å². The van der Waals surface area contributed by atoms with E-state index in [1.165, 1.54) is 18.4 Å². The molecule has 26 heavy (non-hydrogen) atoms. The number of nitrogens with zero attached hydrogens (tertiary/aromatic N) is 2. The maximum atomic E-state index is 6.13. The van der Waals surface area contributed by atoms with Gasteiger partial charge in [0.2, 0.25) is 0 Å². The highest BCUT2D eigenvalue weighted by Gasteiger charge is 2.15. The summed E-state index contributed by atoms with van der Waals surface area (Å²) in [7, 11) is 0. The zero-order valence-electron chi connectivity index (χ0n) is 16.1. The van der Waals surface area contributed by atoms with Gasteiger partial charge in [-0.05, 0) is 57.8 Å². The van der Waals surface area contributed by atoms with Gasteiger partial charge in [0.15, 0.2) is 0 Å². The van der Waals surface area contributed by atoms with Gasteiger partial charge in [-0.25, -0.2) is 0 Å². The average molecular weight is 362 g/mol. The number of rotatable bonds is 8. The van der Waals surface area contributed by atoms with Gasteiger partial charge < -0.3 is 15.2 Å². The first-order valence-corrected chi connectivity index (χ1v) is 10.3. The van der Waals surface area contributed by atoms with Crippen LogP contribution in [0.1, 0.15) is 37.7 Å². The Morgan fingerprint density at radius 3 is 2.73 bits per heavy atom. The van der Waals surface area contributed by atoms with Gasteiger partial charge in [0.05, 0.1) is 19.8 Å². The number of unbranched alkanes of at least 4 members (excludes halogenated alkanes) is 1. The number of likely N-dealkylation sites (tertiary alicyclic amines) is 1. The van der Waals surface area contributed by atoms with Crippen LogP contribution in [-0.2, 0) is 11.3 Å². The molecule has 1 unspecified atom stereocenters. The molecule has 1 atom stereocenters. The quantitative estimate of drug-likeness (QED) is 0.721. The van der Waals surface area contributed by atoms with Crippen molar-refractivity contribution in [3.8, 4) is 5.75 Å². The molecule has 0 spiro atoms. The Kier molecular flexibility index (Phi) is 8.21. The number of morpholine rings is 1. The molecule has 0 aliphatic carbocycles. The van der Waals surface area contributed by atoms with Crippen molar-refractivity contribution in [2.24, 2.45) is 5.73 Å². The molecule has 2 fully saturated rings. The second kappa shape index (κ2) is 10.9. The molecule has 146 valence electrons. The standard InChI is InChI=1S/C21H35N3O2/c22-20-7-5-11-24(12-9-20)18-19-6-1-2-8-21(19)26-15-4-3-10-23-13-16-25-17-14-23/h1-2,6,8,20H,3-5,7,9-18,22H2. The lowest BCUT2D eigenvalue weighted by atomic mass is 10.1. The average Bonchev–Trinajstić information content (AvgIpc) is 2.88. The molecule has 0 saturated carbocycles. The first-order valence-electron chi connectivity index (χ1n) is 10.3. The molecule has 2 N–H and O–H groups in total. The molecule has 0 aromatic heterocycles. The van der Waals surface area contributed by atoms with Crippen molar-refractivity contribution in [1.29, 1.82) is 0 Å². The van der Waals surface area contributed by atoms with Gasteiger partial charge >= 0.3 is 0 Å². The summed E-state index contributed by atoms with van der Waals surface area (Å²) in [5, 5.41) is 0. The number of hydrogen-bond acceptors (Lipinski definition) is 5. The first-order chi connectivity index (χ1) is 12.8. The summed E-state index contributed by atoms with van der Waals surface area (Å²) < 4.78 is 11.5. The van der Waals surface area contributed by atoms with Crippen molar-refractivity contribution in [2.75, 3.05) is 52.5 Å². The molecule has 5 nitrogen and oxygen atoms in total. The minimum absolute atomic E-state index is 0.373. The van der Waals surface area contributed by atoms with Crippen LogP contribution in [0.25, 0.3) is 0 Å². The van der Waals surface area contributed by atoms with Gasteiger partial charge in [-0.3, -0.25) is 9.80 Å². The van der Waals surface area contributed by atoms with Crippen LogP contribution in [0.3, 0.4) is 0 Å². The normalized spacial score (nSPS) is 22.9. The van der Waals surface area contributed by atoms with Crippen LogP contribution < -0.4 is 10.5 Å². The van der Waals surface area contributed by atoms with Crippen LogP contribution in [0.4, 0.5) is 0 Å². The molecule has 2 heterocycles. The Hall–Kier alpha value is -1.14. The predicted molar refractivity (Wildman–Crippen MR) is 106 cm³/mol. The van der Waals surface area contributed by atoms with Crippen molar-refractivity contribution in [3.63, 3.8) is 0 Å². The van der Waals surface area contributed by atoms with Crippen LogP contribution in [-0.4, -0.2) is 68.4 Å². The molecule has 0 bridgehead atoms. The van der Waals surface area contributed by atoms with Gasteiger partial charge in [-0.1, -0.05) is 18.2 Å². The van der Waals surface area contributed by atoms with E-state index in [4.69, 9.17) is 15.2 Å². The highest BCUT2D eigenvalue weighted by Crippen LogP contribution is 2.22. The lowest BCUT2D eigenvalue weighted by molar-refractivity contribution is 0.0368. The van der Waals surface area contributed by atoms with Crippen LogP contribution in [0.2, 0.25) is 0 Å². The minimum atomic E-state index is 0.373. The summed E-state index contributed by atoms with van der Waals surface area (Å²) in [4.78, 5) is 5.01. The lowest BCUT2D eigenvalue weighted by Gasteiger charge is -2.26. The van der Waals surface area contributed by atoms with Crippen LogP contribution in [0.5, 0.6) is 5.75 Å². The number of ether oxygens (including phenoxy) is 2. The molecule has 1 aromatic rings. The van der Waals surface area contributed by atoms with Gasteiger partial charge in [0.25, 0.3) is 0 Å². The summed E-state index contributed by atoms with van der Waals surface area (Å²) in [6, 6.07) is 8.88. The van der Waals surface area contributed by atoms with Crippen LogP contribution >= 0.6 is 0 Å². The molecule has 3 rings (SSSR count). The monoisotopic (exact) mass is 361 g/mol. The third-order valence-electron chi connectivity index (χ3n) is 5.46. The van der Waals surface area contributed by atoms with E-state index in [9.17, 15) is 0 Å². The molecule has 2 aliphatic heterocycles. The summed E-state index contributed by atoms with van der Waals surface area (Å²) in [5.74, 6) is 1.05. The van der Waals surface area contributed by atoms with Gasteiger partial charge in [-0.15, -0.1) is 0 Å². The van der Waals surface area contributed by atoms with Crippen molar-refractivity contribution >= 4 is 0 Å². The largest absolute Gasteiger partial charge is 0.493 e. The Balaban J connectivity index is 1.40. The molecule has 2 saturated heterocycles. The van der Waals surface area contributed by atoms with Crippen molar-refractivity contribution in [1.82, 2.24) is 9.80 Å². The predicted octanol–water partition coefficient (Wildman–Crippen LogP) is 2.49. The van der Waals surface area contributed by atoms with E-state index in [1.807, 2.05) is 0 Å². The Morgan fingerprint density at radius 2 is 1.85 bits per heavy atom. The molecule has 0 radical (unpaired) electrons. The molecular weight excluding hydrogens is 326 g/mol. The minimum Gasteiger partial charge on any atom is -0.493 e. The SMILES string of the molecule is NC1CCCN(Cc2ccccc2OCCCCN2CCOCC2)CC1. The highest BCUT2D eigenvalue weighted by molar-refractivity contribution is 5.33. The van der Waals surface area contributed by atoms with Crippen molar-refractivity contribution < 1.29 is 9.47 Å². The van der Waals surface area contributed by atoms with E-state index in [0.717, 1.165) is 84.1 Å². The number of hydrogen-bond donors (Lipinski definition) is 1. The summed E-state index contributed by atoms with van der Waals surface area (Å²) in [5.41, 5.74) is 7.41. The second-order valence-corrected chi connectivity index (χ2v) is 7.58. The maximum Gasteiger partial charge on any atom is 0.123 e. The van der Waals surface area contributed by atoms with Crippen LogP contribution in [0, 0.1) is 0 Å². The van der Waals surface area contributed by atoms with E-state index in [0.29, 0.717) is 6.04 Å². The lowest BCUT2D eigenvalue weighted by Crippen LogP contribution is -2.36. The first kappa shape index (κ1) is 19.6. The summed E-state index contributed by atoms with van der Waals surface area (Å²) in [6.07, 6.45) is 5.74. The Labute approximate surface area is 158 Å². The molecule has 0 amide bonds. The second-order valence-electron chi connectivity index (χ2n) is 7.58. The molecular formula is C21H35N3O2. The van der Waals surface area contributed by atoms with E-state index in [2.05, 4.69) is 34.1 Å². The van der Waals surface area contributed by atoms with E-state index in [1.54, 1.807) is 0 Å². The molecule has 5 heteroatoms. The van der Waals surface area contributed by atoms with E-state index >= 15 is 0 Å². The van der Waals surface area contributed by atoms with E-state index < -0.39 is 0 Å². The van der Waals surface area contributed by atoms with E-state index in [-0.39, 0.29) is 0 Å². The summed E-state index contributed by atoms with van der Waals surface area (Å²) in [6.45, 7) is 9.06. The fourth-order valence-electron chi connectivity index (χ4n) is 3.80. The third kappa shape index (κ3) is 6.54. The fraction of sp³-hybridized carbons (Fsp3) is 0.714. The Bertz CT molecular complexity index is 520. The Morgan fingerprint density at radius 1 is 1.00 bits per heavy atom. The topological polar surface area (TPSA) is 51.0 Å². The molecule has 2 aliphatic rings. The highest BCUT2D eigenvalue weighted by atomic mass is 16.5. The number of benzene rings is 1. The zero-order chi connectivity index (χ0) is 18.0. The smallest absolute Gasteiger partial charge is 0.123 e. The van der Waals surface area contributed by atoms with Crippen molar-refractivity contribution in [3.05, 3.63) is 29.8 Å². The van der Waals surface area contributed by atoms with Gasteiger partial charge in [0, 0.05) is 31.2 Å². The van der Waals surface area contributed by atoms with Gasteiger partial charge in [0.1, 0.15) is 5.75 Å². The number of nitrogens with two attached hydrogens (primary N) is 1. The fourth-order valence-corrected chi connectivity index (χ4v) is 3.80. The zero-order valence-corrected chi connectivity index (χ0v) is 16.1. The maximum absolute atomic E-state index is 6.13. The summed E-state index contributed by atoms with van der Waals surface area (Å²) >= 11 is 0. The van der Waals surface area contributed by atoms with Crippen molar-refractivity contribution in [2.45, 2.75) is 44.7 Å². The molecule has 1 aromatic carbocycles. The number of para-hydroxylation sites is 1.